The number of alkyl halides is 8. The molecule has 1 nitrogen and oxygen atoms in total. The van der Waals surface area contributed by atoms with Crippen LogP contribution in [0.5, 0.6) is 0 Å². The van der Waals surface area contributed by atoms with Gasteiger partial charge in [0.15, 0.2) is 0 Å². The highest BCUT2D eigenvalue weighted by atomic mass is 19.3. The summed E-state index contributed by atoms with van der Waals surface area (Å²) in [7, 11) is 0. The second-order valence-electron chi connectivity index (χ2n) is 4.11. The van der Waals surface area contributed by atoms with Gasteiger partial charge in [-0.2, -0.15) is 17.6 Å². The Hall–Kier alpha value is -1.12. The molecule has 0 fully saturated rings. The summed E-state index contributed by atoms with van der Waals surface area (Å²) in [6.07, 6.45) is -14.2. The molecular weight excluding hydrogens is 312 g/mol. The lowest BCUT2D eigenvalue weighted by atomic mass is 10.1. The van der Waals surface area contributed by atoms with Crippen molar-refractivity contribution in [2.75, 3.05) is 0 Å². The molecule has 0 aromatic heterocycles. The van der Waals surface area contributed by atoms with Crippen LogP contribution in [0.1, 0.15) is 12.8 Å². The van der Waals surface area contributed by atoms with E-state index in [4.69, 9.17) is 0 Å². The van der Waals surface area contributed by atoms with Crippen LogP contribution in [0.25, 0.3) is 0 Å². The van der Waals surface area contributed by atoms with E-state index in [1.807, 2.05) is 0 Å². The fraction of sp³-hybridized carbons (Fsp3) is 0.667. The summed E-state index contributed by atoms with van der Waals surface area (Å²) in [6, 6.07) is 0. The first-order valence-corrected chi connectivity index (χ1v) is 5.70. The summed E-state index contributed by atoms with van der Waals surface area (Å²) in [6.45, 7) is 6.02. The third-order valence-corrected chi connectivity index (χ3v) is 2.53. The lowest BCUT2D eigenvalue weighted by Gasteiger charge is -2.32. The molecule has 0 spiro atoms. The van der Waals surface area contributed by atoms with Crippen LogP contribution in [0.15, 0.2) is 25.3 Å². The monoisotopic (exact) mass is 326 g/mol. The van der Waals surface area contributed by atoms with E-state index < -0.39 is 49.7 Å². The van der Waals surface area contributed by atoms with Gasteiger partial charge in [0.2, 0.25) is 0 Å². The molecular formula is C12H14F8O. The Kier molecular flexibility index (Phi) is 7.35. The minimum Gasteiger partial charge on any atom is -0.361 e. The summed E-state index contributed by atoms with van der Waals surface area (Å²) in [5, 5.41) is 0. The van der Waals surface area contributed by atoms with E-state index in [1.54, 1.807) is 0 Å². The summed E-state index contributed by atoms with van der Waals surface area (Å²) < 4.78 is 106. The molecule has 0 aliphatic rings. The van der Waals surface area contributed by atoms with E-state index in [2.05, 4.69) is 17.9 Å². The zero-order chi connectivity index (χ0) is 16.8. The second-order valence-corrected chi connectivity index (χ2v) is 4.11. The van der Waals surface area contributed by atoms with Crippen LogP contribution in [-0.4, -0.2) is 36.9 Å². The third-order valence-electron chi connectivity index (χ3n) is 2.53. The molecule has 0 bridgehead atoms. The molecule has 0 aliphatic heterocycles. The van der Waals surface area contributed by atoms with Crippen molar-refractivity contribution in [1.29, 1.82) is 0 Å². The molecule has 21 heavy (non-hydrogen) atoms. The molecule has 2 atom stereocenters. The van der Waals surface area contributed by atoms with Crippen molar-refractivity contribution in [2.45, 2.75) is 49.7 Å². The van der Waals surface area contributed by atoms with Gasteiger partial charge in [-0.15, -0.1) is 13.2 Å². The maximum absolute atomic E-state index is 13.2. The van der Waals surface area contributed by atoms with Crippen molar-refractivity contribution in [3.05, 3.63) is 25.3 Å². The molecule has 0 saturated carbocycles. The Morgan fingerprint density at radius 2 is 1.05 bits per heavy atom. The van der Waals surface area contributed by atoms with Gasteiger partial charge < -0.3 is 4.74 Å². The molecule has 0 saturated heterocycles. The van der Waals surface area contributed by atoms with Gasteiger partial charge in [0.05, 0.1) is 0 Å². The fourth-order valence-corrected chi connectivity index (χ4v) is 1.39. The average Bonchev–Trinajstić information content (AvgIpc) is 2.36. The molecule has 124 valence electrons. The standard InChI is InChI=1S/C12H14F8O/c1-3-5-7(11(17,18)9(13)14)21-8(6-4-2)12(19,20)10(15)16/h3-4,7-10H,1-2,5-6H2. The highest BCUT2D eigenvalue weighted by molar-refractivity contribution is 4.92. The Bertz CT molecular complexity index is 310. The van der Waals surface area contributed by atoms with E-state index in [1.165, 1.54) is 0 Å². The molecule has 0 radical (unpaired) electrons. The summed E-state index contributed by atoms with van der Waals surface area (Å²) in [5.74, 6) is -9.57. The maximum Gasteiger partial charge on any atom is 0.333 e. The fourth-order valence-electron chi connectivity index (χ4n) is 1.39. The van der Waals surface area contributed by atoms with Gasteiger partial charge in [0.25, 0.3) is 0 Å². The van der Waals surface area contributed by atoms with Crippen LogP contribution in [0, 0.1) is 0 Å². The van der Waals surface area contributed by atoms with Crippen molar-refractivity contribution in [2.24, 2.45) is 0 Å². The van der Waals surface area contributed by atoms with Gasteiger partial charge in [-0.3, -0.25) is 0 Å². The highest BCUT2D eigenvalue weighted by Gasteiger charge is 2.55. The third kappa shape index (κ3) is 4.98. The molecule has 0 aliphatic carbocycles. The number of rotatable bonds is 10. The van der Waals surface area contributed by atoms with Crippen molar-refractivity contribution >= 4 is 0 Å². The maximum atomic E-state index is 13.2. The first-order chi connectivity index (χ1) is 9.51. The van der Waals surface area contributed by atoms with Crippen LogP contribution in [0.4, 0.5) is 35.1 Å². The molecule has 0 aromatic carbocycles. The Balaban J connectivity index is 5.34. The Morgan fingerprint density at radius 1 is 0.762 bits per heavy atom. The quantitative estimate of drug-likeness (QED) is 0.418. The zero-order valence-electron chi connectivity index (χ0n) is 10.7. The van der Waals surface area contributed by atoms with E-state index in [0.717, 1.165) is 12.2 Å². The largest absolute Gasteiger partial charge is 0.361 e. The van der Waals surface area contributed by atoms with Gasteiger partial charge in [-0.25, -0.2) is 17.6 Å². The minimum absolute atomic E-state index is 0.743. The van der Waals surface area contributed by atoms with Crippen LogP contribution in [0.3, 0.4) is 0 Å². The first kappa shape index (κ1) is 19.9. The summed E-state index contributed by atoms with van der Waals surface area (Å²) in [4.78, 5) is 0. The number of ether oxygens (including phenoxy) is 1. The van der Waals surface area contributed by atoms with E-state index in [9.17, 15) is 35.1 Å². The van der Waals surface area contributed by atoms with Crippen LogP contribution in [-0.2, 0) is 4.74 Å². The van der Waals surface area contributed by atoms with E-state index >= 15 is 0 Å². The van der Waals surface area contributed by atoms with Crippen LogP contribution in [0.2, 0.25) is 0 Å². The Labute approximate surface area is 116 Å². The number of hydrogen-bond donors (Lipinski definition) is 0. The predicted octanol–water partition coefficient (Wildman–Crippen LogP) is 4.69. The normalized spacial score (nSPS) is 16.1. The van der Waals surface area contributed by atoms with Gasteiger partial charge in [0, 0.05) is 0 Å². The SMILES string of the molecule is C=CCC(OC(CC=C)C(F)(F)C(F)F)C(F)(F)C(F)F. The Morgan fingerprint density at radius 3 is 1.24 bits per heavy atom. The molecule has 0 amide bonds. The molecule has 0 aromatic rings. The van der Waals surface area contributed by atoms with E-state index in [-0.39, 0.29) is 0 Å². The van der Waals surface area contributed by atoms with Crippen molar-refractivity contribution in [1.82, 2.24) is 0 Å². The lowest BCUT2D eigenvalue weighted by Crippen LogP contribution is -2.49. The molecule has 0 rings (SSSR count). The van der Waals surface area contributed by atoms with Gasteiger partial charge >= 0.3 is 24.7 Å². The highest BCUT2D eigenvalue weighted by Crippen LogP contribution is 2.37. The van der Waals surface area contributed by atoms with Crippen molar-refractivity contribution < 1.29 is 39.9 Å². The minimum atomic E-state index is -4.79. The topological polar surface area (TPSA) is 9.23 Å². The van der Waals surface area contributed by atoms with Crippen molar-refractivity contribution in [3.63, 3.8) is 0 Å². The second kappa shape index (κ2) is 7.77. The van der Waals surface area contributed by atoms with Gasteiger partial charge in [0.1, 0.15) is 12.2 Å². The lowest BCUT2D eigenvalue weighted by molar-refractivity contribution is -0.266. The predicted molar refractivity (Wildman–Crippen MR) is 60.2 cm³/mol. The molecule has 0 heterocycles. The number of hydrogen-bond acceptors (Lipinski definition) is 1. The zero-order valence-corrected chi connectivity index (χ0v) is 10.7. The molecule has 9 heteroatoms. The van der Waals surface area contributed by atoms with Crippen LogP contribution < -0.4 is 0 Å². The first-order valence-electron chi connectivity index (χ1n) is 5.70. The average molecular weight is 326 g/mol. The number of halogens is 8. The van der Waals surface area contributed by atoms with Gasteiger partial charge in [-0.05, 0) is 12.8 Å². The van der Waals surface area contributed by atoms with Crippen molar-refractivity contribution in [3.8, 4) is 0 Å². The smallest absolute Gasteiger partial charge is 0.333 e. The van der Waals surface area contributed by atoms with E-state index in [0.29, 0.717) is 0 Å². The molecule has 0 N–H and O–H groups in total. The van der Waals surface area contributed by atoms with Crippen LogP contribution >= 0.6 is 0 Å². The molecule has 2 unspecified atom stereocenters. The summed E-state index contributed by atoms with van der Waals surface area (Å²) in [5.41, 5.74) is 0. The summed E-state index contributed by atoms with van der Waals surface area (Å²) >= 11 is 0. The van der Waals surface area contributed by atoms with Gasteiger partial charge in [-0.1, -0.05) is 12.2 Å².